The van der Waals surface area contributed by atoms with Gasteiger partial charge in [0.1, 0.15) is 9.21 Å². The average Bonchev–Trinajstić information content (AvgIpc) is 2.09. The van der Waals surface area contributed by atoms with Gasteiger partial charge in [-0.25, -0.2) is 4.98 Å². The number of carbonyl (C=O) groups is 1. The van der Waals surface area contributed by atoms with Crippen molar-refractivity contribution < 1.29 is 4.79 Å². The summed E-state index contributed by atoms with van der Waals surface area (Å²) >= 11 is 14.4. The van der Waals surface area contributed by atoms with E-state index in [-0.39, 0.29) is 5.12 Å². The zero-order chi connectivity index (χ0) is 10.9. The Bertz CT molecular complexity index is 370. The molecular formula is C7H3Br4NOS. The zero-order valence-electron chi connectivity index (χ0n) is 6.78. The van der Waals surface area contributed by atoms with E-state index in [2.05, 4.69) is 68.7 Å². The first kappa shape index (κ1) is 13.2. The Balaban J connectivity index is 3.31. The third-order valence-electron chi connectivity index (χ3n) is 1.20. The van der Waals surface area contributed by atoms with Gasteiger partial charge < -0.3 is 0 Å². The van der Waals surface area contributed by atoms with E-state index < -0.39 is 0 Å². The maximum atomic E-state index is 11.0. The molecule has 1 heterocycles. The quantitative estimate of drug-likeness (QED) is 0.439. The molecule has 0 aliphatic heterocycles. The first-order valence-electron chi connectivity index (χ1n) is 3.32. The largest absolute Gasteiger partial charge is 0.287 e. The highest BCUT2D eigenvalue weighted by Gasteiger charge is 2.15. The van der Waals surface area contributed by atoms with Crippen LogP contribution in [-0.2, 0) is 4.79 Å². The fourth-order valence-electron chi connectivity index (χ4n) is 0.701. The van der Waals surface area contributed by atoms with Crippen LogP contribution in [0.5, 0.6) is 0 Å². The summed E-state index contributed by atoms with van der Waals surface area (Å²) in [5.41, 5.74) is 0. The molecule has 0 spiro atoms. The van der Waals surface area contributed by atoms with Crippen LogP contribution in [0.25, 0.3) is 0 Å². The molecule has 0 aromatic carbocycles. The molecule has 0 atom stereocenters. The molecule has 0 aliphatic carbocycles. The van der Waals surface area contributed by atoms with Crippen LogP contribution in [0.4, 0.5) is 0 Å². The second kappa shape index (κ2) is 5.43. The summed E-state index contributed by atoms with van der Waals surface area (Å²) in [4.78, 5) is 16.0. The van der Waals surface area contributed by atoms with Gasteiger partial charge in [0.05, 0.1) is 8.95 Å². The van der Waals surface area contributed by atoms with E-state index in [0.29, 0.717) is 9.21 Å². The Kier molecular flexibility index (Phi) is 5.10. The Morgan fingerprint density at radius 3 is 1.93 bits per heavy atom. The minimum atomic E-state index is 0.0244. The lowest BCUT2D eigenvalue weighted by molar-refractivity contribution is -0.109. The molecule has 1 rings (SSSR count). The number of hydrogen-bond donors (Lipinski definition) is 0. The highest BCUT2D eigenvalue weighted by Crippen LogP contribution is 2.41. The van der Waals surface area contributed by atoms with Gasteiger partial charge in [0, 0.05) is 11.8 Å². The van der Waals surface area contributed by atoms with E-state index in [4.69, 9.17) is 0 Å². The molecule has 0 radical (unpaired) electrons. The zero-order valence-corrected chi connectivity index (χ0v) is 13.9. The lowest BCUT2D eigenvalue weighted by Crippen LogP contribution is -1.90. The molecule has 0 saturated heterocycles. The molecule has 0 amide bonds. The van der Waals surface area contributed by atoms with Gasteiger partial charge in [-0.15, -0.1) is 0 Å². The van der Waals surface area contributed by atoms with E-state index >= 15 is 0 Å². The Labute approximate surface area is 119 Å². The van der Waals surface area contributed by atoms with Crippen LogP contribution in [0.1, 0.15) is 6.92 Å². The molecule has 0 bridgehead atoms. The summed E-state index contributed by atoms with van der Waals surface area (Å²) in [5, 5.41) is 0.0244. The van der Waals surface area contributed by atoms with E-state index in [0.717, 1.165) is 25.6 Å². The fourth-order valence-corrected chi connectivity index (χ4v) is 3.94. The number of halogens is 4. The smallest absolute Gasteiger partial charge is 0.190 e. The van der Waals surface area contributed by atoms with Gasteiger partial charge in [0.25, 0.3) is 0 Å². The van der Waals surface area contributed by atoms with E-state index in [1.54, 1.807) is 0 Å². The van der Waals surface area contributed by atoms with Crippen molar-refractivity contribution in [3.63, 3.8) is 0 Å². The van der Waals surface area contributed by atoms with Crippen LogP contribution in [-0.4, -0.2) is 10.1 Å². The van der Waals surface area contributed by atoms with Gasteiger partial charge in [-0.1, -0.05) is 0 Å². The molecule has 7 heteroatoms. The van der Waals surface area contributed by atoms with Crippen LogP contribution >= 0.6 is 75.5 Å². The third kappa shape index (κ3) is 3.04. The monoisotopic (exact) mass is 465 g/mol. The Hall–Kier alpha value is 1.09. The van der Waals surface area contributed by atoms with Crippen molar-refractivity contribution in [2.75, 3.05) is 0 Å². The molecule has 0 aliphatic rings. The van der Waals surface area contributed by atoms with Crippen LogP contribution in [0.15, 0.2) is 23.0 Å². The van der Waals surface area contributed by atoms with Crippen molar-refractivity contribution in [2.24, 2.45) is 0 Å². The SMILES string of the molecule is CC(=O)Sc1c(Br)c(Br)nc(Br)c1Br. The van der Waals surface area contributed by atoms with Gasteiger partial charge in [-0.05, 0) is 75.5 Å². The molecule has 0 saturated carbocycles. The number of pyridine rings is 1. The van der Waals surface area contributed by atoms with Crippen molar-refractivity contribution in [3.05, 3.63) is 18.2 Å². The van der Waals surface area contributed by atoms with Crippen LogP contribution in [0.3, 0.4) is 0 Å². The number of carbonyl (C=O) groups excluding carboxylic acids is 1. The second-order valence-electron chi connectivity index (χ2n) is 2.24. The minimum absolute atomic E-state index is 0.0244. The van der Waals surface area contributed by atoms with Crippen molar-refractivity contribution in [3.8, 4) is 0 Å². The van der Waals surface area contributed by atoms with Crippen molar-refractivity contribution >= 4 is 80.6 Å². The van der Waals surface area contributed by atoms with Gasteiger partial charge >= 0.3 is 0 Å². The minimum Gasteiger partial charge on any atom is -0.287 e. The van der Waals surface area contributed by atoms with Crippen molar-refractivity contribution in [2.45, 2.75) is 11.8 Å². The first-order chi connectivity index (χ1) is 6.43. The average molecular weight is 469 g/mol. The predicted octanol–water partition coefficient (Wildman–Crippen LogP) is 4.77. The highest BCUT2D eigenvalue weighted by atomic mass is 79.9. The number of aromatic nitrogens is 1. The standard InChI is InChI=1S/C7H3Br4NOS/c1-2(13)14-5-3(8)6(10)12-7(11)4(5)9/h1H3. The molecule has 76 valence electrons. The maximum absolute atomic E-state index is 11.0. The fraction of sp³-hybridized carbons (Fsp3) is 0.143. The highest BCUT2D eigenvalue weighted by molar-refractivity contribution is 9.13. The molecule has 0 unspecified atom stereocenters. The van der Waals surface area contributed by atoms with E-state index in [9.17, 15) is 4.79 Å². The summed E-state index contributed by atoms with van der Waals surface area (Å²) < 4.78 is 2.87. The topological polar surface area (TPSA) is 30.0 Å². The first-order valence-corrected chi connectivity index (χ1v) is 7.30. The molecule has 2 nitrogen and oxygen atoms in total. The molecule has 1 aromatic rings. The Morgan fingerprint density at radius 2 is 1.57 bits per heavy atom. The predicted molar refractivity (Wildman–Crippen MR) is 71.6 cm³/mol. The number of thioether (sulfide) groups is 1. The van der Waals surface area contributed by atoms with Gasteiger partial charge in [0.2, 0.25) is 0 Å². The van der Waals surface area contributed by atoms with Crippen LogP contribution in [0, 0.1) is 0 Å². The molecule has 14 heavy (non-hydrogen) atoms. The van der Waals surface area contributed by atoms with Gasteiger partial charge in [-0.2, -0.15) is 0 Å². The summed E-state index contributed by atoms with van der Waals surface area (Å²) in [6, 6.07) is 0. The maximum Gasteiger partial charge on any atom is 0.190 e. The van der Waals surface area contributed by atoms with Gasteiger partial charge in [0.15, 0.2) is 5.12 Å². The lowest BCUT2D eigenvalue weighted by atomic mass is 10.5. The molecule has 0 N–H and O–H groups in total. The van der Waals surface area contributed by atoms with Crippen LogP contribution in [0.2, 0.25) is 0 Å². The van der Waals surface area contributed by atoms with Crippen LogP contribution < -0.4 is 0 Å². The summed E-state index contributed by atoms with van der Waals surface area (Å²) in [5.74, 6) is 0. The van der Waals surface area contributed by atoms with Gasteiger partial charge in [-0.3, -0.25) is 4.79 Å². The number of hydrogen-bond acceptors (Lipinski definition) is 3. The van der Waals surface area contributed by atoms with E-state index in [1.807, 2.05) is 0 Å². The summed E-state index contributed by atoms with van der Waals surface area (Å²) in [7, 11) is 0. The normalized spacial score (nSPS) is 10.4. The third-order valence-corrected chi connectivity index (χ3v) is 6.38. The van der Waals surface area contributed by atoms with Crippen molar-refractivity contribution in [1.82, 2.24) is 4.98 Å². The van der Waals surface area contributed by atoms with Crippen molar-refractivity contribution in [1.29, 1.82) is 0 Å². The molecule has 0 fully saturated rings. The summed E-state index contributed by atoms with van der Waals surface area (Å²) in [6.07, 6.45) is 0. The number of nitrogens with zero attached hydrogens (tertiary/aromatic N) is 1. The Morgan fingerprint density at radius 1 is 1.14 bits per heavy atom. The molecular weight excluding hydrogens is 466 g/mol. The number of rotatable bonds is 1. The summed E-state index contributed by atoms with van der Waals surface area (Å²) in [6.45, 7) is 1.52. The van der Waals surface area contributed by atoms with E-state index in [1.165, 1.54) is 6.92 Å². The lowest BCUT2D eigenvalue weighted by Gasteiger charge is -2.07. The second-order valence-corrected chi connectivity index (χ2v) is 6.52. The molecule has 1 aromatic heterocycles.